The minimum Gasteiger partial charge on any atom is -0.393 e. The molecule has 1 saturated heterocycles. The quantitative estimate of drug-likeness (QED) is 0.494. The first-order valence-electron chi connectivity index (χ1n) is 5.82. The molecule has 0 amide bonds. The van der Waals surface area contributed by atoms with Gasteiger partial charge in [-0.15, -0.1) is 0 Å². The smallest absolute Gasteiger partial charge is 0.292 e. The molecule has 1 fully saturated rings. The van der Waals surface area contributed by atoms with E-state index in [9.17, 15) is 10.1 Å². The summed E-state index contributed by atoms with van der Waals surface area (Å²) in [7, 11) is 0. The summed E-state index contributed by atoms with van der Waals surface area (Å²) in [6.07, 6.45) is 1.19. The lowest BCUT2D eigenvalue weighted by molar-refractivity contribution is -0.384. The Morgan fingerprint density at radius 2 is 2.35 bits per heavy atom. The average molecular weight is 235 g/mol. The van der Waals surface area contributed by atoms with Gasteiger partial charge in [-0.05, 0) is 24.4 Å². The number of hydrogen-bond donors (Lipinski definition) is 1. The molecule has 5 heteroatoms. The van der Waals surface area contributed by atoms with Gasteiger partial charge in [0.15, 0.2) is 0 Å². The highest BCUT2D eigenvalue weighted by Gasteiger charge is 2.21. The van der Waals surface area contributed by atoms with E-state index in [-0.39, 0.29) is 5.69 Å². The van der Waals surface area contributed by atoms with E-state index in [1.54, 1.807) is 6.07 Å². The largest absolute Gasteiger partial charge is 0.393 e. The summed E-state index contributed by atoms with van der Waals surface area (Å²) in [5, 5.41) is 10.8. The van der Waals surface area contributed by atoms with Gasteiger partial charge in [0.1, 0.15) is 5.69 Å². The van der Waals surface area contributed by atoms with Gasteiger partial charge in [-0.1, -0.05) is 19.1 Å². The van der Waals surface area contributed by atoms with Crippen LogP contribution in [0.3, 0.4) is 0 Å². The van der Waals surface area contributed by atoms with Crippen LogP contribution in [0.1, 0.15) is 18.9 Å². The van der Waals surface area contributed by atoms with Crippen molar-refractivity contribution in [3.05, 3.63) is 33.9 Å². The van der Waals surface area contributed by atoms with Crippen LogP contribution in [-0.2, 0) is 6.54 Å². The van der Waals surface area contributed by atoms with Crippen LogP contribution >= 0.6 is 0 Å². The third-order valence-corrected chi connectivity index (χ3v) is 3.27. The topological polar surface area (TPSA) is 72.4 Å². The van der Waals surface area contributed by atoms with Gasteiger partial charge in [-0.3, -0.25) is 15.0 Å². The number of nitro groups is 1. The lowest BCUT2D eigenvalue weighted by atomic mass is 10.1. The third kappa shape index (κ3) is 2.55. The molecule has 1 aliphatic rings. The van der Waals surface area contributed by atoms with Crippen molar-refractivity contribution in [3.8, 4) is 0 Å². The molecule has 1 heterocycles. The van der Waals surface area contributed by atoms with Gasteiger partial charge >= 0.3 is 0 Å². The molecular formula is C12H17N3O2. The summed E-state index contributed by atoms with van der Waals surface area (Å²) in [5.74, 6) is 0.704. The summed E-state index contributed by atoms with van der Waals surface area (Å²) in [4.78, 5) is 12.6. The number of hydrogen-bond acceptors (Lipinski definition) is 4. The fraction of sp³-hybridized carbons (Fsp3) is 0.500. The Labute approximate surface area is 100 Å². The van der Waals surface area contributed by atoms with E-state index in [2.05, 4.69) is 11.8 Å². The van der Waals surface area contributed by atoms with E-state index in [1.165, 1.54) is 12.5 Å². The molecular weight excluding hydrogens is 218 g/mol. The molecule has 1 atom stereocenters. The van der Waals surface area contributed by atoms with Gasteiger partial charge < -0.3 is 5.73 Å². The maximum Gasteiger partial charge on any atom is 0.292 e. The highest BCUT2D eigenvalue weighted by Crippen LogP contribution is 2.27. The molecule has 2 rings (SSSR count). The Morgan fingerprint density at radius 1 is 1.59 bits per heavy atom. The zero-order chi connectivity index (χ0) is 12.4. The van der Waals surface area contributed by atoms with Crippen LogP contribution in [0.4, 0.5) is 11.4 Å². The average Bonchev–Trinajstić information content (AvgIpc) is 2.67. The molecule has 0 spiro atoms. The highest BCUT2D eigenvalue weighted by atomic mass is 16.6. The number of nitrogens with two attached hydrogens (primary N) is 1. The molecule has 92 valence electrons. The van der Waals surface area contributed by atoms with E-state index in [0.29, 0.717) is 18.2 Å². The fourth-order valence-corrected chi connectivity index (χ4v) is 2.31. The minimum absolute atomic E-state index is 0.00902. The number of rotatable bonds is 3. The first-order valence-corrected chi connectivity index (χ1v) is 5.82. The summed E-state index contributed by atoms with van der Waals surface area (Å²) in [5.41, 5.74) is 7.00. The summed E-state index contributed by atoms with van der Waals surface area (Å²) >= 11 is 0. The first kappa shape index (κ1) is 11.9. The number of nitrogen functional groups attached to an aromatic ring is 1. The molecule has 1 aliphatic heterocycles. The van der Waals surface area contributed by atoms with Crippen LogP contribution in [0.5, 0.6) is 0 Å². The summed E-state index contributed by atoms with van der Waals surface area (Å²) in [6.45, 7) is 5.01. The molecule has 1 aromatic rings. The van der Waals surface area contributed by atoms with Crippen molar-refractivity contribution in [2.24, 2.45) is 5.92 Å². The molecule has 2 N–H and O–H groups in total. The molecule has 0 saturated carbocycles. The maximum atomic E-state index is 10.8. The normalized spacial score (nSPS) is 20.6. The van der Waals surface area contributed by atoms with Crippen LogP contribution in [0.25, 0.3) is 0 Å². The Balaban J connectivity index is 2.16. The monoisotopic (exact) mass is 235 g/mol. The first-order chi connectivity index (χ1) is 8.08. The van der Waals surface area contributed by atoms with E-state index in [4.69, 9.17) is 5.73 Å². The Hall–Kier alpha value is -1.62. The SMILES string of the molecule is CC1CCN(Cc2cccc([N+](=O)[O-])c2N)C1. The molecule has 1 unspecified atom stereocenters. The number of para-hydroxylation sites is 1. The van der Waals surface area contributed by atoms with Crippen LogP contribution in [0.15, 0.2) is 18.2 Å². The maximum absolute atomic E-state index is 10.8. The van der Waals surface area contributed by atoms with Gasteiger partial charge in [0, 0.05) is 19.2 Å². The van der Waals surface area contributed by atoms with Gasteiger partial charge in [0.25, 0.3) is 5.69 Å². The van der Waals surface area contributed by atoms with Crippen molar-refractivity contribution >= 4 is 11.4 Å². The highest BCUT2D eigenvalue weighted by molar-refractivity contribution is 5.62. The molecule has 0 aliphatic carbocycles. The summed E-state index contributed by atoms with van der Waals surface area (Å²) < 4.78 is 0. The van der Waals surface area contributed by atoms with Crippen molar-refractivity contribution in [3.63, 3.8) is 0 Å². The van der Waals surface area contributed by atoms with Crippen LogP contribution < -0.4 is 5.73 Å². The predicted octanol–water partition coefficient (Wildman–Crippen LogP) is 2.02. The Morgan fingerprint density at radius 3 is 2.94 bits per heavy atom. The van der Waals surface area contributed by atoms with Crippen LogP contribution in [0, 0.1) is 16.0 Å². The number of likely N-dealkylation sites (tertiary alicyclic amines) is 1. The second-order valence-electron chi connectivity index (χ2n) is 4.74. The van der Waals surface area contributed by atoms with Gasteiger partial charge in [0.05, 0.1) is 4.92 Å². The van der Waals surface area contributed by atoms with Crippen molar-refractivity contribution in [2.75, 3.05) is 18.8 Å². The number of nitro benzene ring substituents is 1. The molecule has 0 bridgehead atoms. The van der Waals surface area contributed by atoms with Crippen molar-refractivity contribution < 1.29 is 4.92 Å². The third-order valence-electron chi connectivity index (χ3n) is 3.27. The number of nitrogens with zero attached hydrogens (tertiary/aromatic N) is 2. The standard InChI is InChI=1S/C12H17N3O2/c1-9-5-6-14(7-9)8-10-3-2-4-11(12(10)13)15(16)17/h2-4,9H,5-8,13H2,1H3. The number of anilines is 1. The van der Waals surface area contributed by atoms with E-state index < -0.39 is 4.92 Å². The Bertz CT molecular complexity index is 434. The molecule has 0 aromatic heterocycles. The zero-order valence-electron chi connectivity index (χ0n) is 9.93. The van der Waals surface area contributed by atoms with E-state index >= 15 is 0 Å². The van der Waals surface area contributed by atoms with E-state index in [1.807, 2.05) is 6.07 Å². The minimum atomic E-state index is -0.425. The van der Waals surface area contributed by atoms with Gasteiger partial charge in [-0.2, -0.15) is 0 Å². The number of benzene rings is 1. The Kier molecular flexibility index (Phi) is 3.28. The lowest BCUT2D eigenvalue weighted by Gasteiger charge is -2.16. The molecule has 5 nitrogen and oxygen atoms in total. The summed E-state index contributed by atoms with van der Waals surface area (Å²) in [6, 6.07) is 5.01. The lowest BCUT2D eigenvalue weighted by Crippen LogP contribution is -2.20. The molecule has 1 aromatic carbocycles. The van der Waals surface area contributed by atoms with Crippen molar-refractivity contribution in [2.45, 2.75) is 19.9 Å². The van der Waals surface area contributed by atoms with E-state index in [0.717, 1.165) is 18.7 Å². The van der Waals surface area contributed by atoms with Crippen molar-refractivity contribution in [1.82, 2.24) is 4.90 Å². The second kappa shape index (κ2) is 4.71. The fourth-order valence-electron chi connectivity index (χ4n) is 2.31. The van der Waals surface area contributed by atoms with Crippen molar-refractivity contribution in [1.29, 1.82) is 0 Å². The zero-order valence-corrected chi connectivity index (χ0v) is 9.93. The van der Waals surface area contributed by atoms with Crippen LogP contribution in [-0.4, -0.2) is 22.9 Å². The van der Waals surface area contributed by atoms with Gasteiger partial charge in [-0.25, -0.2) is 0 Å². The molecule has 17 heavy (non-hydrogen) atoms. The van der Waals surface area contributed by atoms with Crippen LogP contribution in [0.2, 0.25) is 0 Å². The second-order valence-corrected chi connectivity index (χ2v) is 4.74. The predicted molar refractivity (Wildman–Crippen MR) is 66.6 cm³/mol. The van der Waals surface area contributed by atoms with Gasteiger partial charge in [0.2, 0.25) is 0 Å². The molecule has 0 radical (unpaired) electrons.